The van der Waals surface area contributed by atoms with Crippen LogP contribution >= 0.6 is 0 Å². The summed E-state index contributed by atoms with van der Waals surface area (Å²) >= 11 is 0. The summed E-state index contributed by atoms with van der Waals surface area (Å²) < 4.78 is 48.0. The molecule has 0 aromatic heterocycles. The molecule has 146 valence electrons. The highest BCUT2D eigenvalue weighted by atomic mass is 32.2. The van der Waals surface area contributed by atoms with Gasteiger partial charge in [-0.3, -0.25) is 14.6 Å². The van der Waals surface area contributed by atoms with Crippen LogP contribution < -0.4 is 0 Å². The summed E-state index contributed by atoms with van der Waals surface area (Å²) in [7, 11) is -2.74. The van der Waals surface area contributed by atoms with E-state index in [1.54, 1.807) is 12.1 Å². The summed E-state index contributed by atoms with van der Waals surface area (Å²) in [6, 6.07) is 5.79. The number of benzene rings is 1. The van der Waals surface area contributed by atoms with E-state index in [4.69, 9.17) is 5.11 Å². The van der Waals surface area contributed by atoms with E-state index in [1.165, 1.54) is 12.1 Å². The predicted octanol–water partition coefficient (Wildman–Crippen LogP) is 2.05. The lowest BCUT2D eigenvalue weighted by atomic mass is 10.1. The fraction of sp³-hybridized carbons (Fsp3) is 0.588. The Labute approximate surface area is 152 Å². The first-order chi connectivity index (χ1) is 12.2. The smallest absolute Gasteiger partial charge is 0.341 e. The molecule has 0 bridgehead atoms. The number of likely N-dealkylation sites (N-methyl/N-ethyl adjacent to an activating group) is 1. The molecule has 1 fully saturated rings. The van der Waals surface area contributed by atoms with Crippen LogP contribution in [0.2, 0.25) is 0 Å². The van der Waals surface area contributed by atoms with Crippen molar-refractivity contribution in [2.75, 3.05) is 26.7 Å². The van der Waals surface area contributed by atoms with Crippen molar-refractivity contribution in [3.05, 3.63) is 29.8 Å². The number of rotatable bonds is 7. The molecule has 1 aliphatic rings. The van der Waals surface area contributed by atoms with Crippen LogP contribution in [-0.2, 0) is 21.2 Å². The molecule has 0 amide bonds. The first-order valence-electron chi connectivity index (χ1n) is 8.45. The van der Waals surface area contributed by atoms with Crippen LogP contribution in [0.1, 0.15) is 24.8 Å². The van der Waals surface area contributed by atoms with Crippen molar-refractivity contribution in [3.8, 4) is 0 Å². The van der Waals surface area contributed by atoms with Crippen molar-refractivity contribution in [3.63, 3.8) is 0 Å². The molecule has 2 rings (SSSR count). The quantitative estimate of drug-likeness (QED) is 0.768. The maximum absolute atomic E-state index is 12.6. The average Bonchev–Trinajstić information content (AvgIpc) is 2.80. The molecule has 0 saturated carbocycles. The van der Waals surface area contributed by atoms with Crippen LogP contribution in [0.25, 0.3) is 0 Å². The first-order valence-corrected chi connectivity index (χ1v) is 10.00. The van der Waals surface area contributed by atoms with Crippen molar-refractivity contribution < 1.29 is 27.1 Å². The normalized spacial score (nSPS) is 19.7. The Morgan fingerprint density at radius 2 is 1.92 bits per heavy atom. The maximum atomic E-state index is 12.6. The number of alkyl halides is 2. The molecule has 1 unspecified atom stereocenters. The zero-order valence-corrected chi connectivity index (χ0v) is 15.5. The standard InChI is InChI=1S/C17H24F2N2O4S/c1-20(12-16(22)23)14-3-2-9-21(10-8-14)11-13-4-6-15(7-5-13)26(24,25)17(18)19/h4-7,14,17H,2-3,8-12H2,1H3,(H,22,23). The number of likely N-dealkylation sites (tertiary alicyclic amines) is 1. The molecule has 0 aliphatic carbocycles. The minimum atomic E-state index is -4.56. The second-order valence-corrected chi connectivity index (χ2v) is 8.54. The van der Waals surface area contributed by atoms with Gasteiger partial charge in [0.1, 0.15) is 0 Å². The highest BCUT2D eigenvalue weighted by molar-refractivity contribution is 7.91. The van der Waals surface area contributed by atoms with E-state index in [-0.39, 0.29) is 17.5 Å². The van der Waals surface area contributed by atoms with Crippen molar-refractivity contribution in [1.82, 2.24) is 9.80 Å². The van der Waals surface area contributed by atoms with Gasteiger partial charge < -0.3 is 5.11 Å². The molecule has 1 heterocycles. The van der Waals surface area contributed by atoms with Gasteiger partial charge in [0.25, 0.3) is 0 Å². The van der Waals surface area contributed by atoms with Gasteiger partial charge in [-0.15, -0.1) is 0 Å². The minimum absolute atomic E-state index is 0.0186. The van der Waals surface area contributed by atoms with E-state index in [0.717, 1.165) is 37.9 Å². The Morgan fingerprint density at radius 3 is 2.50 bits per heavy atom. The summed E-state index contributed by atoms with van der Waals surface area (Å²) in [6.45, 7) is 2.27. The molecule has 0 radical (unpaired) electrons. The fourth-order valence-electron chi connectivity index (χ4n) is 3.23. The lowest BCUT2D eigenvalue weighted by Gasteiger charge is -2.25. The molecule has 26 heavy (non-hydrogen) atoms. The van der Waals surface area contributed by atoms with E-state index in [2.05, 4.69) is 4.90 Å². The third kappa shape index (κ3) is 5.46. The van der Waals surface area contributed by atoms with Crippen LogP contribution in [0, 0.1) is 0 Å². The summed E-state index contributed by atoms with van der Waals surface area (Å²) in [5.41, 5.74) is 0.857. The number of hydrogen-bond donors (Lipinski definition) is 1. The molecule has 1 aromatic carbocycles. The van der Waals surface area contributed by atoms with Gasteiger partial charge >= 0.3 is 11.7 Å². The Morgan fingerprint density at radius 1 is 1.27 bits per heavy atom. The third-order valence-corrected chi connectivity index (χ3v) is 6.09. The summed E-state index contributed by atoms with van der Waals surface area (Å²) in [5.74, 6) is -4.26. The van der Waals surface area contributed by atoms with Crippen LogP contribution in [0.4, 0.5) is 8.78 Å². The summed E-state index contributed by atoms with van der Waals surface area (Å²) in [6.07, 6.45) is 2.71. The Hall–Kier alpha value is -1.58. The van der Waals surface area contributed by atoms with Gasteiger partial charge in [-0.25, -0.2) is 8.42 Å². The Bertz CT molecular complexity index is 710. The van der Waals surface area contributed by atoms with E-state index in [9.17, 15) is 22.0 Å². The molecule has 1 saturated heterocycles. The zero-order chi connectivity index (χ0) is 19.3. The van der Waals surface area contributed by atoms with Crippen LogP contribution in [-0.4, -0.2) is 67.8 Å². The minimum Gasteiger partial charge on any atom is -0.480 e. The van der Waals surface area contributed by atoms with Gasteiger partial charge in [-0.2, -0.15) is 8.78 Å². The van der Waals surface area contributed by atoms with Gasteiger partial charge in [0.2, 0.25) is 9.84 Å². The monoisotopic (exact) mass is 390 g/mol. The lowest BCUT2D eigenvalue weighted by Crippen LogP contribution is -2.36. The van der Waals surface area contributed by atoms with Crippen LogP contribution in [0.3, 0.4) is 0 Å². The maximum Gasteiger partial charge on any atom is 0.341 e. The number of nitrogens with zero attached hydrogens (tertiary/aromatic N) is 2. The molecule has 0 spiro atoms. The lowest BCUT2D eigenvalue weighted by molar-refractivity contribution is -0.138. The molecule has 1 atom stereocenters. The number of hydrogen-bond acceptors (Lipinski definition) is 5. The molecular formula is C17H24F2N2O4S. The van der Waals surface area contributed by atoms with Gasteiger partial charge in [0.05, 0.1) is 11.4 Å². The van der Waals surface area contributed by atoms with Gasteiger partial charge in [-0.05, 0) is 57.1 Å². The van der Waals surface area contributed by atoms with E-state index < -0.39 is 21.6 Å². The fourth-order valence-corrected chi connectivity index (χ4v) is 3.95. The molecule has 9 heteroatoms. The zero-order valence-electron chi connectivity index (χ0n) is 14.6. The van der Waals surface area contributed by atoms with Crippen molar-refractivity contribution in [1.29, 1.82) is 0 Å². The van der Waals surface area contributed by atoms with Crippen molar-refractivity contribution >= 4 is 15.8 Å². The third-order valence-electron chi connectivity index (χ3n) is 4.69. The number of sulfone groups is 1. The SMILES string of the molecule is CN(CC(=O)O)C1CCCN(Cc2ccc(S(=O)(=O)C(F)F)cc2)CC1. The topological polar surface area (TPSA) is 77.9 Å². The van der Waals surface area contributed by atoms with E-state index in [1.807, 2.05) is 11.9 Å². The molecular weight excluding hydrogens is 366 g/mol. The predicted molar refractivity (Wildman–Crippen MR) is 92.8 cm³/mol. The van der Waals surface area contributed by atoms with Crippen molar-refractivity contribution in [2.45, 2.75) is 42.5 Å². The molecule has 1 aliphatic heterocycles. The van der Waals surface area contributed by atoms with Gasteiger partial charge in [0, 0.05) is 12.6 Å². The molecule has 1 aromatic rings. The number of carbonyl (C=O) groups is 1. The summed E-state index contributed by atoms with van der Waals surface area (Å²) in [4.78, 5) is 14.5. The molecule has 6 nitrogen and oxygen atoms in total. The van der Waals surface area contributed by atoms with Crippen LogP contribution in [0.15, 0.2) is 29.2 Å². The van der Waals surface area contributed by atoms with Gasteiger partial charge in [-0.1, -0.05) is 12.1 Å². The average molecular weight is 390 g/mol. The largest absolute Gasteiger partial charge is 0.480 e. The highest BCUT2D eigenvalue weighted by Crippen LogP contribution is 2.21. The Kier molecular flexibility index (Phi) is 7.08. The van der Waals surface area contributed by atoms with E-state index >= 15 is 0 Å². The number of halogens is 2. The van der Waals surface area contributed by atoms with E-state index in [0.29, 0.717) is 6.54 Å². The number of aliphatic carboxylic acids is 1. The highest BCUT2D eigenvalue weighted by Gasteiger charge is 2.26. The first kappa shape index (κ1) is 20.7. The number of carboxylic acids is 1. The van der Waals surface area contributed by atoms with Crippen LogP contribution in [0.5, 0.6) is 0 Å². The molecule has 1 N–H and O–H groups in total. The summed E-state index contributed by atoms with van der Waals surface area (Å²) in [5, 5.41) is 8.90. The van der Waals surface area contributed by atoms with Crippen molar-refractivity contribution in [2.24, 2.45) is 0 Å². The number of carboxylic acid groups (broad SMARTS) is 1. The second-order valence-electron chi connectivity index (χ2n) is 6.62. The van der Waals surface area contributed by atoms with Gasteiger partial charge in [0.15, 0.2) is 0 Å². The second kappa shape index (κ2) is 8.88. The Balaban J connectivity index is 1.94.